The van der Waals surface area contributed by atoms with Crippen LogP contribution in [0.1, 0.15) is 18.1 Å². The number of aliphatic hydroxyl groups excluding tert-OH is 1. The van der Waals surface area contributed by atoms with Crippen molar-refractivity contribution < 1.29 is 19.1 Å². The summed E-state index contributed by atoms with van der Waals surface area (Å²) in [6.07, 6.45) is 1.47. The Morgan fingerprint density at radius 2 is 1.73 bits per heavy atom. The zero-order chi connectivity index (χ0) is 18.7. The monoisotopic (exact) mass is 355 g/mol. The minimum absolute atomic E-state index is 0.239. The Balaban J connectivity index is 1.72. The SMILES string of the molecule is CCn1c[n+](C[C@@H](O)COc2ccc(OC)cc2)c2cc(C)c(C)cc21. The lowest BCUT2D eigenvalue weighted by molar-refractivity contribution is -0.679. The van der Waals surface area contributed by atoms with Gasteiger partial charge >= 0.3 is 0 Å². The average Bonchev–Trinajstić information content (AvgIpc) is 2.97. The molecule has 3 aromatic rings. The van der Waals surface area contributed by atoms with Crippen molar-refractivity contribution in [1.82, 2.24) is 4.57 Å². The molecule has 0 saturated heterocycles. The lowest BCUT2D eigenvalue weighted by Crippen LogP contribution is -2.41. The molecule has 3 rings (SSSR count). The third-order valence-corrected chi connectivity index (χ3v) is 4.74. The third-order valence-electron chi connectivity index (χ3n) is 4.74. The molecule has 0 aliphatic carbocycles. The summed E-state index contributed by atoms with van der Waals surface area (Å²) in [5.74, 6) is 1.50. The van der Waals surface area contributed by atoms with Gasteiger partial charge in [0.15, 0.2) is 11.0 Å². The van der Waals surface area contributed by atoms with Crippen LogP contribution in [0.4, 0.5) is 0 Å². The van der Waals surface area contributed by atoms with Crippen molar-refractivity contribution >= 4 is 11.0 Å². The number of rotatable bonds is 7. The highest BCUT2D eigenvalue weighted by atomic mass is 16.5. The topological polar surface area (TPSA) is 47.5 Å². The van der Waals surface area contributed by atoms with Gasteiger partial charge in [0.2, 0.25) is 6.33 Å². The van der Waals surface area contributed by atoms with Gasteiger partial charge in [0, 0.05) is 0 Å². The van der Waals surface area contributed by atoms with E-state index in [9.17, 15) is 5.11 Å². The van der Waals surface area contributed by atoms with Crippen molar-refractivity contribution in [3.63, 3.8) is 0 Å². The molecule has 5 nitrogen and oxygen atoms in total. The van der Waals surface area contributed by atoms with Crippen LogP contribution < -0.4 is 14.0 Å². The Labute approximate surface area is 154 Å². The van der Waals surface area contributed by atoms with Crippen molar-refractivity contribution in [2.75, 3.05) is 13.7 Å². The summed E-state index contributed by atoms with van der Waals surface area (Å²) in [5.41, 5.74) is 4.86. The molecule has 0 spiro atoms. The van der Waals surface area contributed by atoms with E-state index in [0.29, 0.717) is 6.54 Å². The van der Waals surface area contributed by atoms with Crippen molar-refractivity contribution in [3.8, 4) is 11.5 Å². The molecule has 0 radical (unpaired) electrons. The third kappa shape index (κ3) is 3.83. The van der Waals surface area contributed by atoms with Gasteiger partial charge in [-0.15, -0.1) is 0 Å². The Kier molecular flexibility index (Phi) is 5.47. The highest BCUT2D eigenvalue weighted by Gasteiger charge is 2.19. The van der Waals surface area contributed by atoms with Crippen LogP contribution in [-0.2, 0) is 13.1 Å². The zero-order valence-electron chi connectivity index (χ0n) is 15.9. The van der Waals surface area contributed by atoms with Gasteiger partial charge < -0.3 is 14.6 Å². The fourth-order valence-electron chi connectivity index (χ4n) is 3.08. The van der Waals surface area contributed by atoms with E-state index in [1.807, 2.05) is 24.3 Å². The van der Waals surface area contributed by atoms with Crippen LogP contribution in [0.3, 0.4) is 0 Å². The maximum Gasteiger partial charge on any atom is 0.244 e. The second-order valence-electron chi connectivity index (χ2n) is 6.62. The minimum Gasteiger partial charge on any atom is -0.497 e. The molecule has 1 atom stereocenters. The molecule has 0 amide bonds. The van der Waals surface area contributed by atoms with Crippen molar-refractivity contribution in [3.05, 3.63) is 53.9 Å². The van der Waals surface area contributed by atoms with Crippen LogP contribution in [0.25, 0.3) is 11.0 Å². The summed E-state index contributed by atoms with van der Waals surface area (Å²) in [6.45, 7) is 7.99. The van der Waals surface area contributed by atoms with Gasteiger partial charge in [0.1, 0.15) is 30.8 Å². The van der Waals surface area contributed by atoms with E-state index in [1.165, 1.54) is 16.6 Å². The van der Waals surface area contributed by atoms with Crippen LogP contribution in [0.15, 0.2) is 42.7 Å². The molecule has 1 aromatic heterocycles. The smallest absolute Gasteiger partial charge is 0.244 e. The number of aromatic nitrogens is 2. The highest BCUT2D eigenvalue weighted by Crippen LogP contribution is 2.19. The van der Waals surface area contributed by atoms with Gasteiger partial charge in [-0.3, -0.25) is 0 Å². The van der Waals surface area contributed by atoms with Gasteiger partial charge in [-0.2, -0.15) is 0 Å². The number of methoxy groups -OCH3 is 1. The molecule has 26 heavy (non-hydrogen) atoms. The van der Waals surface area contributed by atoms with Gasteiger partial charge in [0.25, 0.3) is 0 Å². The van der Waals surface area contributed by atoms with Gasteiger partial charge in [-0.25, -0.2) is 9.13 Å². The van der Waals surface area contributed by atoms with Crippen molar-refractivity contribution in [1.29, 1.82) is 0 Å². The number of ether oxygens (including phenoxy) is 2. The van der Waals surface area contributed by atoms with E-state index in [4.69, 9.17) is 9.47 Å². The average molecular weight is 355 g/mol. The summed E-state index contributed by atoms with van der Waals surface area (Å²) >= 11 is 0. The number of nitrogens with zero attached hydrogens (tertiary/aromatic N) is 2. The summed E-state index contributed by atoms with van der Waals surface area (Å²) < 4.78 is 15.1. The number of fused-ring (bicyclic) bond motifs is 1. The predicted molar refractivity (Wildman–Crippen MR) is 102 cm³/mol. The molecule has 0 aliphatic heterocycles. The largest absolute Gasteiger partial charge is 0.497 e. The van der Waals surface area contributed by atoms with Gasteiger partial charge in [0.05, 0.1) is 13.7 Å². The number of imidazole rings is 1. The molecule has 0 unspecified atom stereocenters. The normalized spacial score (nSPS) is 12.3. The van der Waals surface area contributed by atoms with E-state index in [0.717, 1.165) is 23.6 Å². The summed E-state index contributed by atoms with van der Waals surface area (Å²) in [6, 6.07) is 11.8. The summed E-state index contributed by atoms with van der Waals surface area (Å²) in [7, 11) is 1.63. The molecule has 1 heterocycles. The first-order valence-corrected chi connectivity index (χ1v) is 8.96. The molecular formula is C21H27N2O3+. The summed E-state index contributed by atoms with van der Waals surface area (Å²) in [4.78, 5) is 0. The zero-order valence-corrected chi connectivity index (χ0v) is 15.9. The fraction of sp³-hybridized carbons (Fsp3) is 0.381. The minimum atomic E-state index is -0.598. The Bertz CT molecular complexity index is 884. The molecule has 0 bridgehead atoms. The molecule has 0 saturated carbocycles. The molecular weight excluding hydrogens is 328 g/mol. The maximum atomic E-state index is 10.5. The number of hydrogen-bond donors (Lipinski definition) is 1. The van der Waals surface area contributed by atoms with Crippen LogP contribution in [0.2, 0.25) is 0 Å². The Morgan fingerprint density at radius 3 is 2.38 bits per heavy atom. The molecule has 5 heteroatoms. The number of aliphatic hydroxyl groups is 1. The van der Waals surface area contributed by atoms with E-state index in [-0.39, 0.29) is 6.61 Å². The van der Waals surface area contributed by atoms with Gasteiger partial charge in [-0.05, 0) is 68.3 Å². The quantitative estimate of drug-likeness (QED) is 0.663. The molecule has 2 aromatic carbocycles. The van der Waals surface area contributed by atoms with E-state index in [2.05, 4.69) is 48.4 Å². The van der Waals surface area contributed by atoms with E-state index < -0.39 is 6.10 Å². The first kappa shape index (κ1) is 18.3. The van der Waals surface area contributed by atoms with Crippen molar-refractivity contribution in [2.45, 2.75) is 40.0 Å². The molecule has 1 N–H and O–H groups in total. The second kappa shape index (κ2) is 7.79. The Morgan fingerprint density at radius 1 is 1.08 bits per heavy atom. The second-order valence-corrected chi connectivity index (χ2v) is 6.62. The lowest BCUT2D eigenvalue weighted by atomic mass is 10.1. The maximum absolute atomic E-state index is 10.5. The van der Waals surface area contributed by atoms with Crippen molar-refractivity contribution in [2.24, 2.45) is 0 Å². The van der Waals surface area contributed by atoms with Crippen LogP contribution in [0, 0.1) is 13.8 Å². The Hall–Kier alpha value is -2.53. The highest BCUT2D eigenvalue weighted by molar-refractivity contribution is 5.74. The predicted octanol–water partition coefficient (Wildman–Crippen LogP) is 3.01. The van der Waals surface area contributed by atoms with Gasteiger partial charge in [-0.1, -0.05) is 0 Å². The van der Waals surface area contributed by atoms with Crippen LogP contribution in [0.5, 0.6) is 11.5 Å². The number of benzene rings is 2. The standard InChI is InChI=1S/C21H27N2O3/c1-5-22-14-23(21-11-16(3)15(2)10-20(21)22)12-17(24)13-26-19-8-6-18(25-4)7-9-19/h6-11,14,17,24H,5,12-13H2,1-4H3/q+1/t17-/m1/s1. The molecule has 0 fully saturated rings. The summed E-state index contributed by atoms with van der Waals surface area (Å²) in [5, 5.41) is 10.5. The van der Waals surface area contributed by atoms with Crippen LogP contribution in [-0.4, -0.2) is 29.5 Å². The molecule has 0 aliphatic rings. The van der Waals surface area contributed by atoms with Crippen LogP contribution >= 0.6 is 0 Å². The first-order valence-electron chi connectivity index (χ1n) is 8.96. The lowest BCUT2D eigenvalue weighted by Gasteiger charge is -2.11. The first-order chi connectivity index (χ1) is 12.5. The fourth-order valence-corrected chi connectivity index (χ4v) is 3.08. The number of aryl methyl sites for hydroxylation is 3. The van der Waals surface area contributed by atoms with E-state index in [1.54, 1.807) is 7.11 Å². The van der Waals surface area contributed by atoms with E-state index >= 15 is 0 Å². The molecule has 138 valence electrons. The number of hydrogen-bond acceptors (Lipinski definition) is 3.